The molecule has 0 amide bonds. The number of pyridine rings is 1. The number of hydrogen-bond donors (Lipinski definition) is 1. The van der Waals surface area contributed by atoms with Gasteiger partial charge in [-0.25, -0.2) is 15.0 Å². The molecule has 0 bridgehead atoms. The second-order valence-corrected chi connectivity index (χ2v) is 4.41. The number of nitrogens with two attached hydrogens (primary N) is 1. The summed E-state index contributed by atoms with van der Waals surface area (Å²) >= 11 is 1.45. The van der Waals surface area contributed by atoms with Crippen LogP contribution in [0.4, 0.5) is 5.82 Å². The van der Waals surface area contributed by atoms with Gasteiger partial charge in [0.05, 0.1) is 6.20 Å². The van der Waals surface area contributed by atoms with E-state index in [1.807, 2.05) is 28.8 Å². The first kappa shape index (κ1) is 10.1. The van der Waals surface area contributed by atoms with Crippen molar-refractivity contribution < 1.29 is 0 Å². The average Bonchev–Trinajstić information content (AvgIpc) is 2.78. The summed E-state index contributed by atoms with van der Waals surface area (Å²) < 4.78 is 1.85. The van der Waals surface area contributed by atoms with Crippen molar-refractivity contribution in [3.8, 4) is 0 Å². The lowest BCUT2D eigenvalue weighted by atomic mass is 10.5. The molecule has 0 aliphatic rings. The van der Waals surface area contributed by atoms with Gasteiger partial charge in [0.25, 0.3) is 0 Å². The summed E-state index contributed by atoms with van der Waals surface area (Å²) in [6, 6.07) is 5.74. The molecule has 0 aromatic carbocycles. The van der Waals surface area contributed by atoms with Crippen LogP contribution in [-0.2, 0) is 0 Å². The number of aromatic nitrogens is 4. The Hall–Kier alpha value is -2.08. The highest BCUT2D eigenvalue weighted by Gasteiger charge is 2.08. The Labute approximate surface area is 102 Å². The van der Waals surface area contributed by atoms with E-state index in [9.17, 15) is 0 Å². The molecule has 0 unspecified atom stereocenters. The van der Waals surface area contributed by atoms with Crippen LogP contribution in [0.1, 0.15) is 0 Å². The van der Waals surface area contributed by atoms with E-state index in [0.717, 1.165) is 15.7 Å². The minimum absolute atomic E-state index is 0.467. The average molecular weight is 243 g/mol. The molecule has 0 aliphatic heterocycles. The molecule has 5 nitrogen and oxygen atoms in total. The van der Waals surface area contributed by atoms with Crippen molar-refractivity contribution >= 4 is 23.2 Å². The largest absolute Gasteiger partial charge is 0.382 e. The molecule has 0 spiro atoms. The third-order valence-corrected chi connectivity index (χ3v) is 3.12. The molecule has 6 heteroatoms. The Balaban J connectivity index is 2.08. The van der Waals surface area contributed by atoms with Crippen molar-refractivity contribution in [2.45, 2.75) is 10.1 Å². The van der Waals surface area contributed by atoms with Gasteiger partial charge in [0.2, 0.25) is 0 Å². The lowest BCUT2D eigenvalue weighted by Gasteiger charge is -2.03. The predicted octanol–water partition coefficient (Wildman–Crippen LogP) is 1.86. The summed E-state index contributed by atoms with van der Waals surface area (Å²) in [6.45, 7) is 0. The predicted molar refractivity (Wildman–Crippen MR) is 65.8 cm³/mol. The van der Waals surface area contributed by atoms with E-state index in [1.165, 1.54) is 11.8 Å². The van der Waals surface area contributed by atoms with Crippen LogP contribution in [0.25, 0.3) is 5.65 Å². The molecule has 84 valence electrons. The van der Waals surface area contributed by atoms with Crippen LogP contribution in [0.15, 0.2) is 53.0 Å². The smallest absolute Gasteiger partial charge is 0.170 e. The maximum atomic E-state index is 5.74. The first-order chi connectivity index (χ1) is 8.33. The van der Waals surface area contributed by atoms with Gasteiger partial charge in [-0.3, -0.25) is 0 Å². The highest BCUT2D eigenvalue weighted by atomic mass is 32.2. The molecule has 0 saturated heterocycles. The normalized spacial score (nSPS) is 10.8. The van der Waals surface area contributed by atoms with Gasteiger partial charge in [0.1, 0.15) is 15.9 Å². The summed E-state index contributed by atoms with van der Waals surface area (Å²) in [7, 11) is 0. The van der Waals surface area contributed by atoms with Gasteiger partial charge in [-0.15, -0.1) is 0 Å². The van der Waals surface area contributed by atoms with Gasteiger partial charge in [-0.2, -0.15) is 0 Å². The highest BCUT2D eigenvalue weighted by Crippen LogP contribution is 2.27. The van der Waals surface area contributed by atoms with E-state index < -0.39 is 0 Å². The fourth-order valence-electron chi connectivity index (χ4n) is 1.50. The number of rotatable bonds is 2. The zero-order valence-electron chi connectivity index (χ0n) is 8.82. The van der Waals surface area contributed by atoms with E-state index in [4.69, 9.17) is 5.73 Å². The molecular weight excluding hydrogens is 234 g/mol. The van der Waals surface area contributed by atoms with E-state index in [0.29, 0.717) is 5.82 Å². The Morgan fingerprint density at radius 1 is 1.18 bits per heavy atom. The fraction of sp³-hybridized carbons (Fsp3) is 0. The first-order valence-electron chi connectivity index (χ1n) is 5.01. The van der Waals surface area contributed by atoms with E-state index in [-0.39, 0.29) is 0 Å². The monoisotopic (exact) mass is 243 g/mol. The lowest BCUT2D eigenvalue weighted by Crippen LogP contribution is -1.97. The second kappa shape index (κ2) is 4.06. The van der Waals surface area contributed by atoms with Gasteiger partial charge in [0.15, 0.2) is 5.65 Å². The quantitative estimate of drug-likeness (QED) is 0.744. The SMILES string of the molecule is Nc1cn2ccnc2c(Sc2ccccn2)n1. The van der Waals surface area contributed by atoms with Gasteiger partial charge < -0.3 is 10.1 Å². The summed E-state index contributed by atoms with van der Waals surface area (Å²) in [6.07, 6.45) is 7.05. The lowest BCUT2D eigenvalue weighted by molar-refractivity contribution is 1.03. The number of hydrogen-bond acceptors (Lipinski definition) is 5. The van der Waals surface area contributed by atoms with Crippen molar-refractivity contribution in [2.24, 2.45) is 0 Å². The molecule has 0 saturated carbocycles. The van der Waals surface area contributed by atoms with Crippen LogP contribution < -0.4 is 5.73 Å². The van der Waals surface area contributed by atoms with Gasteiger partial charge in [-0.1, -0.05) is 6.07 Å². The molecule has 3 aromatic rings. The molecule has 0 aliphatic carbocycles. The Kier molecular flexibility index (Phi) is 2.41. The van der Waals surface area contributed by atoms with E-state index in [1.54, 1.807) is 18.6 Å². The van der Waals surface area contributed by atoms with Gasteiger partial charge in [0, 0.05) is 18.6 Å². The molecule has 2 N–H and O–H groups in total. The molecule has 3 aromatic heterocycles. The summed E-state index contributed by atoms with van der Waals surface area (Å²) in [5, 5.41) is 1.63. The van der Waals surface area contributed by atoms with E-state index in [2.05, 4.69) is 15.0 Å². The Morgan fingerprint density at radius 3 is 2.94 bits per heavy atom. The van der Waals surface area contributed by atoms with Crippen molar-refractivity contribution in [3.05, 3.63) is 43.0 Å². The molecule has 0 radical (unpaired) electrons. The maximum Gasteiger partial charge on any atom is 0.170 e. The summed E-state index contributed by atoms with van der Waals surface area (Å²) in [5.74, 6) is 0.467. The zero-order chi connectivity index (χ0) is 11.7. The van der Waals surface area contributed by atoms with Crippen LogP contribution in [0.3, 0.4) is 0 Å². The Morgan fingerprint density at radius 2 is 2.12 bits per heavy atom. The van der Waals surface area contributed by atoms with Crippen LogP contribution in [-0.4, -0.2) is 19.4 Å². The number of anilines is 1. The van der Waals surface area contributed by atoms with Gasteiger partial charge >= 0.3 is 0 Å². The molecule has 3 heterocycles. The topological polar surface area (TPSA) is 69.1 Å². The van der Waals surface area contributed by atoms with Crippen molar-refractivity contribution in [3.63, 3.8) is 0 Å². The minimum Gasteiger partial charge on any atom is -0.382 e. The summed E-state index contributed by atoms with van der Waals surface area (Å²) in [4.78, 5) is 12.8. The number of nitrogens with zero attached hydrogens (tertiary/aromatic N) is 4. The first-order valence-corrected chi connectivity index (χ1v) is 5.82. The number of nitrogen functional groups attached to an aromatic ring is 1. The molecular formula is C11H9N5S. The van der Waals surface area contributed by atoms with Crippen LogP contribution in [0.2, 0.25) is 0 Å². The molecule has 0 atom stereocenters. The standard InChI is InChI=1S/C11H9N5S/c12-8-7-16-6-5-14-10(16)11(15-8)17-9-3-1-2-4-13-9/h1-7H,12H2. The molecule has 3 rings (SSSR count). The minimum atomic E-state index is 0.467. The van der Waals surface area contributed by atoms with Crippen LogP contribution >= 0.6 is 11.8 Å². The summed E-state index contributed by atoms with van der Waals surface area (Å²) in [5.41, 5.74) is 6.53. The maximum absolute atomic E-state index is 5.74. The van der Waals surface area contributed by atoms with Crippen LogP contribution in [0, 0.1) is 0 Å². The Bertz CT molecular complexity index is 649. The van der Waals surface area contributed by atoms with E-state index >= 15 is 0 Å². The fourth-order valence-corrected chi connectivity index (χ4v) is 2.36. The number of fused-ring (bicyclic) bond motifs is 1. The molecule has 0 fully saturated rings. The third kappa shape index (κ3) is 1.94. The van der Waals surface area contributed by atoms with Crippen molar-refractivity contribution in [1.82, 2.24) is 19.4 Å². The van der Waals surface area contributed by atoms with Crippen molar-refractivity contribution in [1.29, 1.82) is 0 Å². The zero-order valence-corrected chi connectivity index (χ0v) is 9.63. The third-order valence-electron chi connectivity index (χ3n) is 2.20. The van der Waals surface area contributed by atoms with Gasteiger partial charge in [-0.05, 0) is 23.9 Å². The highest BCUT2D eigenvalue weighted by molar-refractivity contribution is 7.99. The van der Waals surface area contributed by atoms with Crippen molar-refractivity contribution in [2.75, 3.05) is 5.73 Å². The molecule has 17 heavy (non-hydrogen) atoms. The number of imidazole rings is 1. The van der Waals surface area contributed by atoms with Crippen LogP contribution in [0.5, 0.6) is 0 Å². The second-order valence-electron chi connectivity index (χ2n) is 3.40.